The Morgan fingerprint density at radius 3 is 2.19 bits per heavy atom. The quantitative estimate of drug-likeness (QED) is 0.492. The maximum absolute atomic E-state index is 14.3. The molecule has 0 aromatic heterocycles. The minimum Gasteiger partial charge on any atom is -0.368 e. The molecular weight excluding hydrogens is 365 g/mol. The summed E-state index contributed by atoms with van der Waals surface area (Å²) in [5, 5.41) is 4.27. The van der Waals surface area contributed by atoms with Crippen LogP contribution >= 0.6 is 0 Å². The van der Waals surface area contributed by atoms with Gasteiger partial charge in [0.1, 0.15) is 17.4 Å². The van der Waals surface area contributed by atoms with Crippen LogP contribution in [0.1, 0.15) is 32.3 Å². The third kappa shape index (κ3) is 5.95. The first-order chi connectivity index (χ1) is 12.4. The summed E-state index contributed by atoms with van der Waals surface area (Å²) in [5.41, 5.74) is 8.37. The number of carbonyl (C=O) groups is 3. The highest BCUT2D eigenvalue weighted by Gasteiger charge is 2.43. The maximum Gasteiger partial charge on any atom is 0.349 e. The van der Waals surface area contributed by atoms with Gasteiger partial charge in [0.25, 0.3) is 5.91 Å². The molecule has 0 saturated heterocycles. The van der Waals surface area contributed by atoms with Crippen LogP contribution in [0.15, 0.2) is 24.3 Å². The minimum absolute atomic E-state index is 0.0254. The van der Waals surface area contributed by atoms with E-state index in [2.05, 4.69) is 5.32 Å². The molecule has 0 radical (unpaired) electrons. The van der Waals surface area contributed by atoms with Crippen molar-refractivity contribution in [3.63, 3.8) is 0 Å². The molecule has 0 aliphatic rings. The van der Waals surface area contributed by atoms with Gasteiger partial charge in [0.2, 0.25) is 11.8 Å². The van der Waals surface area contributed by atoms with Gasteiger partial charge in [-0.3, -0.25) is 14.4 Å². The number of nitrogens with two attached hydrogens (primary N) is 2. The number of hydrogen-bond donors (Lipinski definition) is 4. The molecule has 0 bridgehead atoms. The Bertz CT molecular complexity index is 693. The molecule has 6 N–H and O–H groups in total. The van der Waals surface area contributed by atoms with Gasteiger partial charge in [0, 0.05) is 5.56 Å². The monoisotopic (exact) mass is 388 g/mol. The van der Waals surface area contributed by atoms with Gasteiger partial charge in [-0.05, 0) is 57.5 Å². The van der Waals surface area contributed by atoms with Crippen LogP contribution in [0.2, 0.25) is 0 Å². The predicted octanol–water partition coefficient (Wildman–Crippen LogP) is 0.521. The van der Waals surface area contributed by atoms with Crippen LogP contribution in [0.4, 0.5) is 13.2 Å². The van der Waals surface area contributed by atoms with Crippen molar-refractivity contribution in [2.45, 2.75) is 44.2 Å². The van der Waals surface area contributed by atoms with Crippen LogP contribution in [-0.4, -0.2) is 35.8 Å². The lowest BCUT2D eigenvalue weighted by molar-refractivity contribution is -0.149. The Balaban J connectivity index is 2.97. The first-order valence-corrected chi connectivity index (χ1v) is 8.18. The van der Waals surface area contributed by atoms with E-state index < -0.39 is 46.6 Å². The largest absolute Gasteiger partial charge is 0.368 e. The van der Waals surface area contributed by atoms with Crippen LogP contribution < -0.4 is 22.1 Å². The topological polar surface area (TPSA) is 127 Å². The van der Waals surface area contributed by atoms with Crippen molar-refractivity contribution in [1.29, 1.82) is 0 Å². The molecule has 10 heteroatoms. The van der Waals surface area contributed by atoms with Gasteiger partial charge in [-0.15, -0.1) is 0 Å². The number of alkyl halides is 2. The number of carbonyl (C=O) groups excluding carboxylic acids is 3. The van der Waals surface area contributed by atoms with Crippen molar-refractivity contribution >= 4 is 17.7 Å². The Labute approximate surface area is 154 Å². The van der Waals surface area contributed by atoms with Crippen molar-refractivity contribution in [2.75, 3.05) is 6.54 Å². The minimum atomic E-state index is -3.99. The third-order valence-electron chi connectivity index (χ3n) is 3.86. The van der Waals surface area contributed by atoms with E-state index in [0.29, 0.717) is 0 Å². The van der Waals surface area contributed by atoms with Crippen LogP contribution in [-0.2, 0) is 20.3 Å². The molecule has 1 aromatic carbocycles. The first kappa shape index (κ1) is 22.4. The summed E-state index contributed by atoms with van der Waals surface area (Å²) < 4.78 is 41.6. The molecule has 0 aliphatic heterocycles. The molecule has 0 unspecified atom stereocenters. The molecule has 27 heavy (non-hydrogen) atoms. The van der Waals surface area contributed by atoms with E-state index in [1.54, 1.807) is 0 Å². The molecule has 0 saturated carbocycles. The van der Waals surface area contributed by atoms with Crippen molar-refractivity contribution in [2.24, 2.45) is 11.5 Å². The second-order valence-corrected chi connectivity index (χ2v) is 6.52. The molecule has 7 nitrogen and oxygen atoms in total. The molecule has 1 aromatic rings. The number of rotatable bonds is 9. The molecule has 1 atom stereocenters. The summed E-state index contributed by atoms with van der Waals surface area (Å²) in [7, 11) is 0. The first-order valence-electron chi connectivity index (χ1n) is 8.18. The molecular formula is C17H23F3N4O3. The molecule has 0 spiro atoms. The molecule has 150 valence electrons. The summed E-state index contributed by atoms with van der Waals surface area (Å²) in [4.78, 5) is 35.8. The number of halogens is 3. The van der Waals surface area contributed by atoms with Crippen molar-refractivity contribution in [3.05, 3.63) is 35.6 Å². The van der Waals surface area contributed by atoms with Gasteiger partial charge in [-0.2, -0.15) is 8.78 Å². The summed E-state index contributed by atoms with van der Waals surface area (Å²) >= 11 is 0. The lowest BCUT2D eigenvalue weighted by Crippen LogP contribution is -2.59. The van der Waals surface area contributed by atoms with E-state index in [1.165, 1.54) is 13.8 Å². The van der Waals surface area contributed by atoms with Gasteiger partial charge < -0.3 is 22.1 Å². The molecule has 1 rings (SSSR count). The van der Waals surface area contributed by atoms with Crippen LogP contribution in [0, 0.1) is 5.82 Å². The van der Waals surface area contributed by atoms with Gasteiger partial charge in [0.15, 0.2) is 0 Å². The maximum atomic E-state index is 14.3. The average Bonchev–Trinajstić information content (AvgIpc) is 2.58. The van der Waals surface area contributed by atoms with Gasteiger partial charge in [-0.25, -0.2) is 4.39 Å². The molecule has 0 fully saturated rings. The van der Waals surface area contributed by atoms with Crippen LogP contribution in [0.5, 0.6) is 0 Å². The van der Waals surface area contributed by atoms with E-state index in [4.69, 9.17) is 11.5 Å². The summed E-state index contributed by atoms with van der Waals surface area (Å²) in [6, 6.07) is 1.79. The Morgan fingerprint density at radius 2 is 1.70 bits per heavy atom. The highest BCUT2D eigenvalue weighted by atomic mass is 19.3. The second kappa shape index (κ2) is 8.85. The average molecular weight is 388 g/mol. The van der Waals surface area contributed by atoms with Crippen molar-refractivity contribution in [3.8, 4) is 0 Å². The zero-order chi connectivity index (χ0) is 20.8. The Morgan fingerprint density at radius 1 is 1.15 bits per heavy atom. The molecule has 0 heterocycles. The number of hydrogen-bond acceptors (Lipinski definition) is 4. The highest BCUT2D eigenvalue weighted by molar-refractivity contribution is 5.94. The summed E-state index contributed by atoms with van der Waals surface area (Å²) in [6.07, 6.45) is 0.236. The zero-order valence-corrected chi connectivity index (χ0v) is 15.0. The van der Waals surface area contributed by atoms with Crippen LogP contribution in [0.3, 0.4) is 0 Å². The fourth-order valence-electron chi connectivity index (χ4n) is 2.09. The normalized spacial score (nSPS) is 13.0. The standard InChI is InChI=1S/C17H23F3N4O3/c1-16(2,14(22)26)24-13(25)12(4-3-9-21)23-15(27)17(19,20)10-5-7-11(18)8-6-10/h5-8,12H,3-4,9,21H2,1-2H3,(H2,22,26)(H,23,27)(H,24,25)/t12-/m1/s1. The van der Waals surface area contributed by atoms with Gasteiger partial charge in [-0.1, -0.05) is 0 Å². The van der Waals surface area contributed by atoms with Crippen LogP contribution in [0.25, 0.3) is 0 Å². The second-order valence-electron chi connectivity index (χ2n) is 6.52. The Hall–Kier alpha value is -2.62. The fourth-order valence-corrected chi connectivity index (χ4v) is 2.09. The van der Waals surface area contributed by atoms with E-state index in [1.807, 2.05) is 5.32 Å². The fraction of sp³-hybridized carbons (Fsp3) is 0.471. The van der Waals surface area contributed by atoms with Crippen molar-refractivity contribution in [1.82, 2.24) is 10.6 Å². The summed E-state index contributed by atoms with van der Waals surface area (Å²) in [6.45, 7) is 2.83. The van der Waals surface area contributed by atoms with Crippen molar-refractivity contribution < 1.29 is 27.6 Å². The third-order valence-corrected chi connectivity index (χ3v) is 3.86. The lowest BCUT2D eigenvalue weighted by Gasteiger charge is -2.27. The van der Waals surface area contributed by atoms with Gasteiger partial charge >= 0.3 is 5.92 Å². The van der Waals surface area contributed by atoms with E-state index in [9.17, 15) is 27.6 Å². The Kier molecular flexibility index (Phi) is 7.35. The number of primary amides is 1. The molecule has 0 aliphatic carbocycles. The predicted molar refractivity (Wildman–Crippen MR) is 91.9 cm³/mol. The van der Waals surface area contributed by atoms with E-state index in [-0.39, 0.29) is 19.4 Å². The molecule has 3 amide bonds. The SMILES string of the molecule is CC(C)(NC(=O)[C@@H](CCCN)NC(=O)C(F)(F)c1ccc(F)cc1)C(N)=O. The van der Waals surface area contributed by atoms with E-state index in [0.717, 1.165) is 24.3 Å². The summed E-state index contributed by atoms with van der Waals surface area (Å²) in [5.74, 6) is -8.15. The van der Waals surface area contributed by atoms with E-state index >= 15 is 0 Å². The number of nitrogens with one attached hydrogen (secondary N) is 2. The number of benzene rings is 1. The smallest absolute Gasteiger partial charge is 0.349 e. The zero-order valence-electron chi connectivity index (χ0n) is 15.0. The number of amides is 3. The highest BCUT2D eigenvalue weighted by Crippen LogP contribution is 2.28. The van der Waals surface area contributed by atoms with Gasteiger partial charge in [0.05, 0.1) is 0 Å². The lowest BCUT2D eigenvalue weighted by atomic mass is 10.0.